The Kier molecular flexibility index (Phi) is 4.63. The van der Waals surface area contributed by atoms with E-state index >= 15 is 0 Å². The maximum Gasteiger partial charge on any atom is 0.0260 e. The van der Waals surface area contributed by atoms with Gasteiger partial charge in [0.25, 0.3) is 0 Å². The van der Waals surface area contributed by atoms with Crippen molar-refractivity contribution in [3.05, 3.63) is 68.6 Å². The van der Waals surface area contributed by atoms with Crippen LogP contribution in [0.3, 0.4) is 0 Å². The first-order valence-corrected chi connectivity index (χ1v) is 11.0. The first kappa shape index (κ1) is 19.0. The summed E-state index contributed by atoms with van der Waals surface area (Å²) in [6.07, 6.45) is 0. The van der Waals surface area contributed by atoms with Crippen LogP contribution in [0.25, 0.3) is 32.3 Å². The van der Waals surface area contributed by atoms with E-state index in [9.17, 15) is 0 Å². The molecule has 0 N–H and O–H groups in total. The number of hydrogen-bond donors (Lipinski definition) is 0. The number of hydrogen-bond acceptors (Lipinski definition) is 0. The van der Waals surface area contributed by atoms with E-state index in [4.69, 9.17) is 0 Å². The van der Waals surface area contributed by atoms with Gasteiger partial charge in [0.15, 0.2) is 0 Å². The molecule has 0 aliphatic carbocycles. The largest absolute Gasteiger partial charge is 0.0587 e. The molecule has 0 amide bonds. The van der Waals surface area contributed by atoms with E-state index in [-0.39, 0.29) is 5.41 Å². The van der Waals surface area contributed by atoms with Gasteiger partial charge in [0.1, 0.15) is 0 Å². The summed E-state index contributed by atoms with van der Waals surface area (Å²) in [5.41, 5.74) is 2.87. The molecule has 2 heteroatoms. The summed E-state index contributed by atoms with van der Waals surface area (Å²) in [7, 11) is 0. The lowest BCUT2D eigenvalue weighted by Gasteiger charge is -2.20. The molecule has 138 valence electrons. The summed E-state index contributed by atoms with van der Waals surface area (Å²) < 4.78 is 2.32. The van der Waals surface area contributed by atoms with E-state index in [1.54, 1.807) is 0 Å². The Hall–Kier alpha value is -1.38. The molecule has 4 aromatic carbocycles. The lowest BCUT2D eigenvalue weighted by molar-refractivity contribution is 0.591. The van der Waals surface area contributed by atoms with Crippen LogP contribution in [0, 0.1) is 0 Å². The smallest absolute Gasteiger partial charge is 0.0260 e. The van der Waals surface area contributed by atoms with Gasteiger partial charge in [-0.3, -0.25) is 0 Å². The molecule has 0 radical (unpaired) electrons. The molecular formula is C25H24Br2. The highest BCUT2D eigenvalue weighted by Crippen LogP contribution is 2.41. The average Bonchev–Trinajstić information content (AvgIpc) is 2.61. The minimum absolute atomic E-state index is 0.139. The number of halogens is 2. The van der Waals surface area contributed by atoms with Crippen molar-refractivity contribution in [2.75, 3.05) is 0 Å². The zero-order chi connectivity index (χ0) is 19.5. The number of fused-ring (bicyclic) bond motifs is 5. The molecule has 0 unspecified atom stereocenters. The van der Waals surface area contributed by atoms with Crippen molar-refractivity contribution in [3.8, 4) is 0 Å². The van der Waals surface area contributed by atoms with Gasteiger partial charge in [-0.25, -0.2) is 0 Å². The number of benzene rings is 4. The van der Waals surface area contributed by atoms with Crippen LogP contribution in [-0.4, -0.2) is 0 Å². The molecule has 0 bridgehead atoms. The second kappa shape index (κ2) is 6.60. The molecule has 0 fully saturated rings. The Morgan fingerprint density at radius 1 is 0.630 bits per heavy atom. The summed E-state index contributed by atoms with van der Waals surface area (Å²) in [6, 6.07) is 18.3. The third-order valence-corrected chi connectivity index (χ3v) is 6.84. The first-order valence-electron chi connectivity index (χ1n) is 9.45. The van der Waals surface area contributed by atoms with Gasteiger partial charge in [-0.1, -0.05) is 90.7 Å². The zero-order valence-electron chi connectivity index (χ0n) is 16.5. The first-order chi connectivity index (χ1) is 12.7. The van der Waals surface area contributed by atoms with Crippen LogP contribution in [0.1, 0.15) is 51.7 Å². The van der Waals surface area contributed by atoms with Gasteiger partial charge in [-0.2, -0.15) is 0 Å². The topological polar surface area (TPSA) is 0 Å². The van der Waals surface area contributed by atoms with Gasteiger partial charge in [-0.15, -0.1) is 0 Å². The van der Waals surface area contributed by atoms with Crippen molar-refractivity contribution < 1.29 is 0 Å². The van der Waals surface area contributed by atoms with Crippen molar-refractivity contribution >= 4 is 64.2 Å². The van der Waals surface area contributed by atoms with Crippen LogP contribution >= 0.6 is 31.9 Å². The van der Waals surface area contributed by atoms with Crippen molar-refractivity contribution in [1.29, 1.82) is 0 Å². The molecule has 27 heavy (non-hydrogen) atoms. The molecule has 0 heterocycles. The summed E-state index contributed by atoms with van der Waals surface area (Å²) in [5, 5.41) is 7.75. The summed E-state index contributed by atoms with van der Waals surface area (Å²) >= 11 is 7.69. The Bertz CT molecular complexity index is 1190. The predicted molar refractivity (Wildman–Crippen MR) is 127 cm³/mol. The molecule has 4 aromatic rings. The minimum Gasteiger partial charge on any atom is -0.0587 e. The SMILES string of the molecule is CC(C)c1ccc2c(c1)c(Br)cc1c3ccc(C(C)(C)C)cc3c(Br)cc21. The third-order valence-electron chi connectivity index (χ3n) is 5.52. The Labute approximate surface area is 178 Å². The van der Waals surface area contributed by atoms with E-state index in [1.165, 1.54) is 43.4 Å². The average molecular weight is 484 g/mol. The van der Waals surface area contributed by atoms with Gasteiger partial charge >= 0.3 is 0 Å². The van der Waals surface area contributed by atoms with Crippen LogP contribution in [-0.2, 0) is 5.41 Å². The maximum atomic E-state index is 3.85. The molecule has 0 saturated heterocycles. The highest BCUT2D eigenvalue weighted by atomic mass is 79.9. The quantitative estimate of drug-likeness (QED) is 0.237. The standard InChI is InChI=1S/C25H24Br2/c1-14(2)15-6-8-17-19-13-24(27)22-11-16(25(3,4)5)7-9-18(22)20(19)12-23(26)21(17)10-15/h6-14H,1-5H3. The van der Waals surface area contributed by atoms with Gasteiger partial charge in [0, 0.05) is 8.95 Å². The summed E-state index contributed by atoms with van der Waals surface area (Å²) in [5.74, 6) is 0.524. The molecule has 0 aliphatic rings. The molecule has 4 rings (SSSR count). The Morgan fingerprint density at radius 2 is 1.15 bits per heavy atom. The highest BCUT2D eigenvalue weighted by Gasteiger charge is 2.17. The van der Waals surface area contributed by atoms with Crippen LogP contribution < -0.4 is 0 Å². The van der Waals surface area contributed by atoms with E-state index in [0.29, 0.717) is 5.92 Å². The molecule has 0 aliphatic heterocycles. The van der Waals surface area contributed by atoms with E-state index in [0.717, 1.165) is 8.95 Å². The van der Waals surface area contributed by atoms with Crippen molar-refractivity contribution in [1.82, 2.24) is 0 Å². The monoisotopic (exact) mass is 482 g/mol. The van der Waals surface area contributed by atoms with E-state index in [1.807, 2.05) is 0 Å². The fraction of sp³-hybridized carbons (Fsp3) is 0.280. The fourth-order valence-electron chi connectivity index (χ4n) is 3.81. The normalized spacial score (nSPS) is 12.6. The molecular weight excluding hydrogens is 460 g/mol. The van der Waals surface area contributed by atoms with Crippen molar-refractivity contribution in [2.45, 2.75) is 46.0 Å². The molecule has 0 atom stereocenters. The van der Waals surface area contributed by atoms with Crippen LogP contribution in [0.5, 0.6) is 0 Å². The fourth-order valence-corrected chi connectivity index (χ4v) is 4.92. The molecule has 0 nitrogen and oxygen atoms in total. The second-order valence-electron chi connectivity index (χ2n) is 8.78. The summed E-state index contributed by atoms with van der Waals surface area (Å²) in [4.78, 5) is 0. The van der Waals surface area contributed by atoms with Gasteiger partial charge in [0.2, 0.25) is 0 Å². The Balaban J connectivity index is 2.11. The van der Waals surface area contributed by atoms with Crippen LogP contribution in [0.2, 0.25) is 0 Å². The number of rotatable bonds is 1. The molecule has 0 saturated carbocycles. The van der Waals surface area contributed by atoms with E-state index < -0.39 is 0 Å². The molecule has 0 aromatic heterocycles. The lowest BCUT2D eigenvalue weighted by atomic mass is 9.85. The third kappa shape index (κ3) is 3.21. The van der Waals surface area contributed by atoms with Gasteiger partial charge < -0.3 is 0 Å². The van der Waals surface area contributed by atoms with E-state index in [2.05, 4.69) is 115 Å². The van der Waals surface area contributed by atoms with Crippen molar-refractivity contribution in [3.63, 3.8) is 0 Å². The summed E-state index contributed by atoms with van der Waals surface area (Å²) in [6.45, 7) is 11.3. The molecule has 0 spiro atoms. The Morgan fingerprint density at radius 3 is 1.67 bits per heavy atom. The second-order valence-corrected chi connectivity index (χ2v) is 10.5. The van der Waals surface area contributed by atoms with Gasteiger partial charge in [0.05, 0.1) is 0 Å². The van der Waals surface area contributed by atoms with Crippen LogP contribution in [0.15, 0.2) is 57.5 Å². The maximum absolute atomic E-state index is 3.85. The van der Waals surface area contributed by atoms with Gasteiger partial charge in [-0.05, 0) is 79.0 Å². The lowest BCUT2D eigenvalue weighted by Crippen LogP contribution is -2.10. The van der Waals surface area contributed by atoms with Crippen LogP contribution in [0.4, 0.5) is 0 Å². The zero-order valence-corrected chi connectivity index (χ0v) is 19.6. The minimum atomic E-state index is 0.139. The van der Waals surface area contributed by atoms with Crippen molar-refractivity contribution in [2.24, 2.45) is 0 Å². The highest BCUT2D eigenvalue weighted by molar-refractivity contribution is 9.11. The predicted octanol–water partition coefficient (Wildman–Crippen LogP) is 9.09.